The van der Waals surface area contributed by atoms with Gasteiger partial charge in [0.05, 0.1) is 23.2 Å². The highest BCUT2D eigenvalue weighted by Gasteiger charge is 2.15. The van der Waals surface area contributed by atoms with E-state index in [9.17, 15) is 22.4 Å². The number of halogens is 1. The van der Waals surface area contributed by atoms with Crippen LogP contribution in [-0.2, 0) is 14.8 Å². The number of benzene rings is 3. The molecular formula is C23H20FN3O5S. The van der Waals surface area contributed by atoms with Crippen molar-refractivity contribution < 1.29 is 27.1 Å². The van der Waals surface area contributed by atoms with Gasteiger partial charge < -0.3 is 4.74 Å². The first kappa shape index (κ1) is 23.8. The zero-order chi connectivity index (χ0) is 23.8. The average molecular weight is 469 g/mol. The molecule has 0 aliphatic rings. The molecule has 8 nitrogen and oxygen atoms in total. The zero-order valence-corrected chi connectivity index (χ0v) is 18.3. The second-order valence-corrected chi connectivity index (χ2v) is 8.64. The van der Waals surface area contributed by atoms with Crippen LogP contribution in [0.2, 0.25) is 0 Å². The minimum atomic E-state index is -3.81. The van der Waals surface area contributed by atoms with E-state index >= 15 is 0 Å². The van der Waals surface area contributed by atoms with E-state index in [4.69, 9.17) is 4.74 Å². The van der Waals surface area contributed by atoms with Gasteiger partial charge in [0, 0.05) is 0 Å². The number of hydrogen-bond donors (Lipinski definition) is 2. The number of carbonyl (C=O) groups is 2. The van der Waals surface area contributed by atoms with Crippen LogP contribution < -0.4 is 14.9 Å². The monoisotopic (exact) mass is 469 g/mol. The Morgan fingerprint density at radius 2 is 1.67 bits per heavy atom. The van der Waals surface area contributed by atoms with Gasteiger partial charge in [-0.15, -0.1) is 0 Å². The van der Waals surface area contributed by atoms with Crippen molar-refractivity contribution in [1.29, 1.82) is 0 Å². The summed E-state index contributed by atoms with van der Waals surface area (Å²) in [6.07, 6.45) is 1.33. The number of hydrogen-bond acceptors (Lipinski definition) is 6. The lowest BCUT2D eigenvalue weighted by Crippen LogP contribution is -2.34. The number of esters is 1. The van der Waals surface area contributed by atoms with E-state index in [1.165, 1.54) is 48.7 Å². The quantitative estimate of drug-likeness (QED) is 0.228. The number of nitrogens with one attached hydrogen (secondary N) is 2. The highest BCUT2D eigenvalue weighted by Crippen LogP contribution is 2.15. The summed E-state index contributed by atoms with van der Waals surface area (Å²) in [4.78, 5) is 23.9. The van der Waals surface area contributed by atoms with Crippen LogP contribution in [0, 0.1) is 12.7 Å². The molecule has 0 saturated carbocycles. The summed E-state index contributed by atoms with van der Waals surface area (Å²) in [5.41, 5.74) is 3.52. The van der Waals surface area contributed by atoms with Gasteiger partial charge in [-0.25, -0.2) is 27.8 Å². The molecule has 0 heterocycles. The van der Waals surface area contributed by atoms with Gasteiger partial charge in [-0.05, 0) is 61.0 Å². The predicted molar refractivity (Wildman–Crippen MR) is 120 cm³/mol. The fraction of sp³-hybridized carbons (Fsp3) is 0.0870. The molecule has 0 aliphatic carbocycles. The van der Waals surface area contributed by atoms with Gasteiger partial charge in [-0.1, -0.05) is 29.8 Å². The Bertz CT molecular complexity index is 1270. The summed E-state index contributed by atoms with van der Waals surface area (Å²) in [6.45, 7) is 1.35. The number of sulfonamides is 1. The molecule has 0 saturated heterocycles. The van der Waals surface area contributed by atoms with Crippen LogP contribution in [0.25, 0.3) is 0 Å². The van der Waals surface area contributed by atoms with Crippen LogP contribution in [0.5, 0.6) is 5.75 Å². The van der Waals surface area contributed by atoms with Gasteiger partial charge in [0.2, 0.25) is 10.0 Å². The highest BCUT2D eigenvalue weighted by molar-refractivity contribution is 7.89. The number of amides is 1. The molecule has 1 amide bonds. The van der Waals surface area contributed by atoms with Crippen LogP contribution in [0.15, 0.2) is 82.8 Å². The van der Waals surface area contributed by atoms with E-state index < -0.39 is 34.3 Å². The van der Waals surface area contributed by atoms with Gasteiger partial charge in [0.25, 0.3) is 5.91 Å². The maximum Gasteiger partial charge on any atom is 0.346 e. The van der Waals surface area contributed by atoms with Crippen molar-refractivity contribution in [3.8, 4) is 5.75 Å². The molecule has 0 spiro atoms. The Labute approximate surface area is 190 Å². The normalized spacial score (nSPS) is 11.3. The Balaban J connectivity index is 1.49. The molecule has 0 aromatic heterocycles. The molecule has 0 radical (unpaired) electrons. The minimum absolute atomic E-state index is 0.0557. The van der Waals surface area contributed by atoms with Gasteiger partial charge in [0.1, 0.15) is 11.6 Å². The van der Waals surface area contributed by atoms with Crippen molar-refractivity contribution in [3.05, 3.63) is 95.3 Å². The van der Waals surface area contributed by atoms with Crippen LogP contribution in [-0.4, -0.2) is 33.1 Å². The Morgan fingerprint density at radius 1 is 1.00 bits per heavy atom. The Hall–Kier alpha value is -3.89. The van der Waals surface area contributed by atoms with E-state index in [0.29, 0.717) is 5.56 Å². The molecule has 170 valence electrons. The third kappa shape index (κ3) is 6.79. The Kier molecular flexibility index (Phi) is 7.65. The van der Waals surface area contributed by atoms with E-state index in [1.807, 2.05) is 6.92 Å². The molecule has 0 atom stereocenters. The van der Waals surface area contributed by atoms with Crippen LogP contribution in [0.4, 0.5) is 4.39 Å². The maximum absolute atomic E-state index is 13.6. The highest BCUT2D eigenvalue weighted by atomic mass is 32.2. The summed E-state index contributed by atoms with van der Waals surface area (Å²) in [5, 5.41) is 3.76. The molecule has 2 N–H and O–H groups in total. The third-order valence-corrected chi connectivity index (χ3v) is 5.76. The molecule has 33 heavy (non-hydrogen) atoms. The SMILES string of the molecule is Cc1ccc(S(=O)(=O)NCC(=O)NN=Cc2ccc(OC(=O)c3ccccc3F)cc2)cc1. The molecule has 0 fully saturated rings. The maximum atomic E-state index is 13.6. The first-order chi connectivity index (χ1) is 15.7. The van der Waals surface area contributed by atoms with E-state index in [1.54, 1.807) is 24.3 Å². The molecule has 0 bridgehead atoms. The number of carbonyl (C=O) groups excluding carboxylic acids is 2. The summed E-state index contributed by atoms with van der Waals surface area (Å²) in [5.74, 6) is -1.95. The molecule has 0 aliphatic heterocycles. The van der Waals surface area contributed by atoms with E-state index in [-0.39, 0.29) is 16.2 Å². The summed E-state index contributed by atoms with van der Waals surface area (Å²) in [7, 11) is -3.81. The first-order valence-electron chi connectivity index (χ1n) is 9.69. The lowest BCUT2D eigenvalue weighted by atomic mass is 10.2. The number of hydrazone groups is 1. The standard InChI is InChI=1S/C23H20FN3O5S/c1-16-6-12-19(13-7-16)33(30,31)26-15-22(28)27-25-14-17-8-10-18(11-9-17)32-23(29)20-4-2-3-5-21(20)24/h2-14,26H,15H2,1H3,(H,27,28). The van der Waals surface area contributed by atoms with Crippen molar-refractivity contribution >= 4 is 28.1 Å². The summed E-state index contributed by atoms with van der Waals surface area (Å²) >= 11 is 0. The first-order valence-corrected chi connectivity index (χ1v) is 11.2. The number of rotatable bonds is 8. The fourth-order valence-electron chi connectivity index (χ4n) is 2.59. The van der Waals surface area contributed by atoms with E-state index in [0.717, 1.165) is 11.6 Å². The lowest BCUT2D eigenvalue weighted by molar-refractivity contribution is -0.119. The van der Waals surface area contributed by atoms with Crippen molar-refractivity contribution in [3.63, 3.8) is 0 Å². The van der Waals surface area contributed by atoms with Gasteiger partial charge in [-0.2, -0.15) is 5.10 Å². The molecule has 3 rings (SSSR count). The fourth-order valence-corrected chi connectivity index (χ4v) is 3.57. The molecule has 0 unspecified atom stereocenters. The summed E-state index contributed by atoms with van der Waals surface area (Å²) < 4.78 is 45.3. The predicted octanol–water partition coefficient (Wildman–Crippen LogP) is 2.78. The van der Waals surface area contributed by atoms with Crippen LogP contribution >= 0.6 is 0 Å². The Morgan fingerprint density at radius 3 is 2.33 bits per heavy atom. The molecule has 3 aromatic rings. The number of aryl methyl sites for hydroxylation is 1. The third-order valence-electron chi connectivity index (χ3n) is 4.34. The lowest BCUT2D eigenvalue weighted by Gasteiger charge is -2.06. The topological polar surface area (TPSA) is 114 Å². The molecule has 10 heteroatoms. The van der Waals surface area contributed by atoms with Crippen molar-refractivity contribution in [2.75, 3.05) is 6.54 Å². The van der Waals surface area contributed by atoms with Crippen molar-refractivity contribution in [2.45, 2.75) is 11.8 Å². The average Bonchev–Trinajstić information content (AvgIpc) is 2.79. The van der Waals surface area contributed by atoms with Gasteiger partial charge >= 0.3 is 5.97 Å². The second-order valence-electron chi connectivity index (χ2n) is 6.87. The van der Waals surface area contributed by atoms with Crippen molar-refractivity contribution in [2.24, 2.45) is 5.10 Å². The van der Waals surface area contributed by atoms with Crippen LogP contribution in [0.1, 0.15) is 21.5 Å². The molecular weight excluding hydrogens is 449 g/mol. The van der Waals surface area contributed by atoms with E-state index in [2.05, 4.69) is 15.2 Å². The largest absolute Gasteiger partial charge is 0.423 e. The zero-order valence-electron chi connectivity index (χ0n) is 17.5. The van der Waals surface area contributed by atoms with Gasteiger partial charge in [0.15, 0.2) is 0 Å². The number of nitrogens with zero attached hydrogens (tertiary/aromatic N) is 1. The summed E-state index contributed by atoms with van der Waals surface area (Å²) in [6, 6.07) is 17.8. The minimum Gasteiger partial charge on any atom is -0.423 e. The second kappa shape index (κ2) is 10.6. The number of ether oxygens (including phenoxy) is 1. The smallest absolute Gasteiger partial charge is 0.346 e. The van der Waals surface area contributed by atoms with Crippen LogP contribution in [0.3, 0.4) is 0 Å². The molecule has 3 aromatic carbocycles. The van der Waals surface area contributed by atoms with Crippen molar-refractivity contribution in [1.82, 2.24) is 10.1 Å². The van der Waals surface area contributed by atoms with Gasteiger partial charge in [-0.3, -0.25) is 4.79 Å².